The number of hydrogen-bond acceptors (Lipinski definition) is 1. The predicted molar refractivity (Wildman–Crippen MR) is 104 cm³/mol. The summed E-state index contributed by atoms with van der Waals surface area (Å²) in [6.45, 7) is 6.65. The topological polar surface area (TPSA) is 3.24 Å². The highest BCUT2D eigenvalue weighted by atomic mass is 19.1. The van der Waals surface area contributed by atoms with Gasteiger partial charge in [0.25, 0.3) is 0 Å². The van der Waals surface area contributed by atoms with Gasteiger partial charge in [0.15, 0.2) is 0 Å². The van der Waals surface area contributed by atoms with Crippen molar-refractivity contribution in [1.29, 1.82) is 0 Å². The molecule has 0 N–H and O–H groups in total. The molecule has 2 heteroatoms. The first-order chi connectivity index (χ1) is 12.1. The van der Waals surface area contributed by atoms with Crippen molar-refractivity contribution in [2.24, 2.45) is 0 Å². The van der Waals surface area contributed by atoms with Crippen LogP contribution in [0.25, 0.3) is 0 Å². The Bertz CT molecular complexity index is 635. The highest BCUT2D eigenvalue weighted by Crippen LogP contribution is 2.39. The van der Waals surface area contributed by atoms with E-state index in [2.05, 4.69) is 73.3 Å². The quantitative estimate of drug-likeness (QED) is 0.592. The van der Waals surface area contributed by atoms with Crippen LogP contribution >= 0.6 is 0 Å². The normalized spacial score (nSPS) is 20.0. The van der Waals surface area contributed by atoms with Crippen molar-refractivity contribution in [3.63, 3.8) is 0 Å². The lowest BCUT2D eigenvalue weighted by atomic mass is 9.78. The molecule has 2 unspecified atom stereocenters. The summed E-state index contributed by atoms with van der Waals surface area (Å²) in [4.78, 5) is 2.53. The van der Waals surface area contributed by atoms with E-state index in [1.54, 1.807) is 0 Å². The Morgan fingerprint density at radius 1 is 0.960 bits per heavy atom. The number of halogens is 1. The summed E-state index contributed by atoms with van der Waals surface area (Å²) in [7, 11) is 0. The molecule has 0 amide bonds. The second-order valence-electron chi connectivity index (χ2n) is 7.59. The summed E-state index contributed by atoms with van der Waals surface area (Å²) in [6, 6.07) is 19.9. The van der Waals surface area contributed by atoms with E-state index in [-0.39, 0.29) is 5.92 Å². The minimum Gasteiger partial charge on any atom is -0.297 e. The van der Waals surface area contributed by atoms with E-state index in [1.807, 2.05) is 0 Å². The molecule has 0 saturated heterocycles. The molecule has 25 heavy (non-hydrogen) atoms. The van der Waals surface area contributed by atoms with Crippen LogP contribution in [0.15, 0.2) is 54.6 Å². The van der Waals surface area contributed by atoms with Crippen molar-refractivity contribution in [1.82, 2.24) is 4.90 Å². The number of benzene rings is 2. The molecule has 1 saturated carbocycles. The largest absolute Gasteiger partial charge is 0.297 e. The van der Waals surface area contributed by atoms with Crippen molar-refractivity contribution in [2.75, 3.05) is 6.54 Å². The molecule has 0 radical (unpaired) electrons. The third kappa shape index (κ3) is 4.92. The van der Waals surface area contributed by atoms with Crippen molar-refractivity contribution in [3.8, 4) is 0 Å². The van der Waals surface area contributed by atoms with Crippen LogP contribution in [-0.2, 0) is 13.0 Å². The highest BCUT2D eigenvalue weighted by molar-refractivity contribution is 5.28. The molecule has 0 heterocycles. The van der Waals surface area contributed by atoms with Gasteiger partial charge in [-0.25, -0.2) is 4.39 Å². The average molecular weight is 339 g/mol. The van der Waals surface area contributed by atoms with E-state index in [1.165, 1.54) is 16.7 Å². The standard InChI is InChI=1S/C23H30FN/c1-18(2)25(17-20-7-4-3-5-8-20)16-6-9-19-10-12-21(13-11-19)22-14-15-23(22)24/h3-5,7-8,10-13,18,22-23H,6,9,14-17H2,1-2H3. The maximum atomic E-state index is 13.5. The van der Waals surface area contributed by atoms with Crippen LogP contribution in [-0.4, -0.2) is 23.7 Å². The van der Waals surface area contributed by atoms with Crippen LogP contribution in [0.1, 0.15) is 55.7 Å². The molecule has 3 rings (SSSR count). The zero-order valence-corrected chi connectivity index (χ0v) is 15.5. The van der Waals surface area contributed by atoms with Crippen LogP contribution in [0, 0.1) is 0 Å². The van der Waals surface area contributed by atoms with Crippen LogP contribution in [0.5, 0.6) is 0 Å². The first kappa shape index (κ1) is 18.1. The Balaban J connectivity index is 1.48. The molecule has 134 valence electrons. The van der Waals surface area contributed by atoms with Crippen LogP contribution in [0.2, 0.25) is 0 Å². The van der Waals surface area contributed by atoms with Gasteiger partial charge in [-0.15, -0.1) is 0 Å². The Kier molecular flexibility index (Phi) is 6.25. The number of rotatable bonds is 8. The average Bonchev–Trinajstić information content (AvgIpc) is 2.61. The highest BCUT2D eigenvalue weighted by Gasteiger charge is 2.31. The lowest BCUT2D eigenvalue weighted by molar-refractivity contribution is 0.170. The molecule has 1 fully saturated rings. The van der Waals surface area contributed by atoms with Gasteiger partial charge in [0.1, 0.15) is 6.17 Å². The smallest absolute Gasteiger partial charge is 0.107 e. The molecule has 2 aromatic carbocycles. The van der Waals surface area contributed by atoms with Gasteiger partial charge in [0.05, 0.1) is 0 Å². The molecule has 0 aliphatic heterocycles. The molecule has 2 atom stereocenters. The van der Waals surface area contributed by atoms with E-state index in [9.17, 15) is 4.39 Å². The first-order valence-corrected chi connectivity index (χ1v) is 9.64. The number of aryl methyl sites for hydroxylation is 1. The minimum absolute atomic E-state index is 0.149. The van der Waals surface area contributed by atoms with Gasteiger partial charge in [-0.1, -0.05) is 54.6 Å². The predicted octanol–water partition coefficient (Wildman–Crippen LogP) is 5.75. The molecule has 0 aromatic heterocycles. The van der Waals surface area contributed by atoms with Crippen LogP contribution < -0.4 is 0 Å². The van der Waals surface area contributed by atoms with Crippen LogP contribution in [0.3, 0.4) is 0 Å². The summed E-state index contributed by atoms with van der Waals surface area (Å²) >= 11 is 0. The maximum Gasteiger partial charge on any atom is 0.107 e. The number of alkyl halides is 1. The third-order valence-electron chi connectivity index (χ3n) is 5.47. The molecule has 1 aliphatic rings. The van der Waals surface area contributed by atoms with E-state index in [4.69, 9.17) is 0 Å². The number of hydrogen-bond donors (Lipinski definition) is 0. The SMILES string of the molecule is CC(C)N(CCCc1ccc(C2CCC2F)cc1)Cc1ccccc1. The Labute approximate surface area is 151 Å². The van der Waals surface area contributed by atoms with Gasteiger partial charge >= 0.3 is 0 Å². The fraction of sp³-hybridized carbons (Fsp3) is 0.478. The van der Waals surface area contributed by atoms with Crippen LogP contribution in [0.4, 0.5) is 4.39 Å². The third-order valence-corrected chi connectivity index (χ3v) is 5.47. The van der Waals surface area contributed by atoms with Crippen molar-refractivity contribution in [2.45, 2.75) is 64.2 Å². The van der Waals surface area contributed by atoms with Crippen molar-refractivity contribution < 1.29 is 4.39 Å². The van der Waals surface area contributed by atoms with E-state index >= 15 is 0 Å². The Morgan fingerprint density at radius 2 is 1.68 bits per heavy atom. The summed E-state index contributed by atoms with van der Waals surface area (Å²) in [5, 5.41) is 0. The summed E-state index contributed by atoms with van der Waals surface area (Å²) in [6.07, 6.45) is 3.35. The van der Waals surface area contributed by atoms with E-state index in [0.717, 1.165) is 38.8 Å². The Morgan fingerprint density at radius 3 is 2.24 bits per heavy atom. The van der Waals surface area contributed by atoms with Gasteiger partial charge in [-0.3, -0.25) is 4.90 Å². The zero-order valence-electron chi connectivity index (χ0n) is 15.5. The molecular weight excluding hydrogens is 309 g/mol. The fourth-order valence-electron chi connectivity index (χ4n) is 3.59. The fourth-order valence-corrected chi connectivity index (χ4v) is 3.59. The van der Waals surface area contributed by atoms with Gasteiger partial charge in [0.2, 0.25) is 0 Å². The Hall–Kier alpha value is -1.67. The van der Waals surface area contributed by atoms with E-state index < -0.39 is 6.17 Å². The number of nitrogens with zero attached hydrogens (tertiary/aromatic N) is 1. The zero-order chi connectivity index (χ0) is 17.6. The van der Waals surface area contributed by atoms with Gasteiger partial charge < -0.3 is 0 Å². The second-order valence-corrected chi connectivity index (χ2v) is 7.59. The summed E-state index contributed by atoms with van der Waals surface area (Å²) < 4.78 is 13.5. The maximum absolute atomic E-state index is 13.5. The molecule has 0 bridgehead atoms. The van der Waals surface area contributed by atoms with E-state index in [0.29, 0.717) is 6.04 Å². The lowest BCUT2D eigenvalue weighted by Gasteiger charge is -2.30. The van der Waals surface area contributed by atoms with Gasteiger partial charge in [-0.05, 0) is 62.8 Å². The molecular formula is C23H30FN. The van der Waals surface area contributed by atoms with Crippen molar-refractivity contribution >= 4 is 0 Å². The molecule has 1 aliphatic carbocycles. The second kappa shape index (κ2) is 8.62. The van der Waals surface area contributed by atoms with Crippen molar-refractivity contribution in [3.05, 3.63) is 71.3 Å². The lowest BCUT2D eigenvalue weighted by Crippen LogP contribution is -2.31. The monoisotopic (exact) mass is 339 g/mol. The summed E-state index contributed by atoms with van der Waals surface area (Å²) in [5.74, 6) is 0.149. The minimum atomic E-state index is -0.622. The molecule has 1 nitrogen and oxygen atoms in total. The molecule has 2 aromatic rings. The first-order valence-electron chi connectivity index (χ1n) is 9.64. The molecule has 0 spiro atoms. The van der Waals surface area contributed by atoms with Gasteiger partial charge in [-0.2, -0.15) is 0 Å². The summed E-state index contributed by atoms with van der Waals surface area (Å²) in [5.41, 5.74) is 3.92. The van der Waals surface area contributed by atoms with Gasteiger partial charge in [0, 0.05) is 18.5 Å².